The molecule has 0 unspecified atom stereocenters. The molecule has 0 fully saturated rings. The Morgan fingerprint density at radius 3 is 1.71 bits per heavy atom. The first kappa shape index (κ1) is 30.3. The fourth-order valence-electron chi connectivity index (χ4n) is 2.95. The predicted molar refractivity (Wildman–Crippen MR) is 120 cm³/mol. The van der Waals surface area contributed by atoms with Crippen LogP contribution >= 0.6 is 0 Å². The average Bonchev–Trinajstić information content (AvgIpc) is 2.65. The predicted octanol–water partition coefficient (Wildman–Crippen LogP) is 4.47. The van der Waals surface area contributed by atoms with Crippen molar-refractivity contribution >= 4 is 45.6 Å². The van der Waals surface area contributed by atoms with E-state index in [2.05, 4.69) is 18.8 Å². The Kier molecular flexibility index (Phi) is 23.6. The van der Waals surface area contributed by atoms with Gasteiger partial charge in [-0.05, 0) is 12.5 Å². The molecule has 162 valence electrons. The molecule has 0 heterocycles. The molecule has 0 aromatic rings. The van der Waals surface area contributed by atoms with Crippen molar-refractivity contribution in [1.29, 1.82) is 0 Å². The summed E-state index contributed by atoms with van der Waals surface area (Å²) in [6.07, 6.45) is 18.4. The summed E-state index contributed by atoms with van der Waals surface area (Å²) >= 11 is 0. The van der Waals surface area contributed by atoms with E-state index in [-0.39, 0.29) is 54.4 Å². The van der Waals surface area contributed by atoms with Gasteiger partial charge in [-0.25, -0.2) is 0 Å². The molecule has 0 aliphatic heterocycles. The summed E-state index contributed by atoms with van der Waals surface area (Å²) in [5.41, 5.74) is 0. The molecule has 0 rings (SSSR count). The summed E-state index contributed by atoms with van der Waals surface area (Å²) in [6, 6.07) is 0. The molecule has 0 saturated carbocycles. The number of hydrogen-bond acceptors (Lipinski definition) is 4. The fourth-order valence-corrected chi connectivity index (χ4v) is 3.96. The van der Waals surface area contributed by atoms with Crippen molar-refractivity contribution in [2.45, 2.75) is 96.8 Å². The van der Waals surface area contributed by atoms with Crippen molar-refractivity contribution in [1.82, 2.24) is 5.32 Å². The van der Waals surface area contributed by atoms with Crippen LogP contribution < -0.4 is 5.32 Å². The molecule has 0 aromatic carbocycles. The van der Waals surface area contributed by atoms with Gasteiger partial charge in [0.15, 0.2) is 0 Å². The van der Waals surface area contributed by atoms with E-state index >= 15 is 0 Å². The number of carbonyl (C=O) groups is 1. The van der Waals surface area contributed by atoms with Gasteiger partial charge in [0, 0.05) is 6.54 Å². The van der Waals surface area contributed by atoms with E-state index in [0.29, 0.717) is 6.42 Å². The summed E-state index contributed by atoms with van der Waals surface area (Å²) in [4.78, 5) is 10.9. The molecule has 0 aliphatic carbocycles. The van der Waals surface area contributed by atoms with E-state index in [9.17, 15) is 13.2 Å². The van der Waals surface area contributed by atoms with Gasteiger partial charge in [-0.15, -0.1) is 0 Å². The van der Waals surface area contributed by atoms with E-state index < -0.39 is 10.1 Å². The first-order valence-corrected chi connectivity index (χ1v) is 12.4. The van der Waals surface area contributed by atoms with Crippen LogP contribution in [-0.4, -0.2) is 62.8 Å². The standard InChI is InChI=1S/C21H41NO4S.Na.H/c1-3-5-6-7-8-9-10-11-12-13-14-15-16-17-20-27(24,25)26-19-18-22-21(23)4-2;;/h4H,2-3,5-20H2,1H3,(H,22,23);;. The zero-order valence-corrected chi connectivity index (χ0v) is 18.2. The summed E-state index contributed by atoms with van der Waals surface area (Å²) in [6.45, 7) is 5.71. The molecule has 0 aromatic heterocycles. The SMILES string of the molecule is C=CC(=O)NCCOS(=O)(=O)CCCCCCCCCCCCCCCC.[NaH]. The number of hydrogen-bond donors (Lipinski definition) is 1. The number of carbonyl (C=O) groups excluding carboxylic acids is 1. The molecule has 0 saturated heterocycles. The van der Waals surface area contributed by atoms with Gasteiger partial charge in [0.25, 0.3) is 10.1 Å². The van der Waals surface area contributed by atoms with Crippen molar-refractivity contribution in [3.05, 3.63) is 12.7 Å². The van der Waals surface area contributed by atoms with Crippen LogP contribution in [0.5, 0.6) is 0 Å². The minimum absolute atomic E-state index is 0. The Labute approximate surface area is 195 Å². The third-order valence-corrected chi connectivity index (χ3v) is 5.91. The number of rotatable bonds is 20. The second kappa shape index (κ2) is 21.8. The molecule has 1 N–H and O–H groups in total. The summed E-state index contributed by atoms with van der Waals surface area (Å²) in [7, 11) is -3.48. The van der Waals surface area contributed by atoms with E-state index in [1.165, 1.54) is 70.6 Å². The zero-order valence-electron chi connectivity index (χ0n) is 17.3. The molecule has 0 bridgehead atoms. The Morgan fingerprint density at radius 1 is 0.857 bits per heavy atom. The van der Waals surface area contributed by atoms with E-state index in [1.807, 2.05) is 0 Å². The monoisotopic (exact) mass is 427 g/mol. The summed E-state index contributed by atoms with van der Waals surface area (Å²) in [5, 5.41) is 2.48. The molecule has 0 spiro atoms. The molecule has 28 heavy (non-hydrogen) atoms. The Morgan fingerprint density at radius 2 is 1.29 bits per heavy atom. The number of amides is 1. The summed E-state index contributed by atoms with van der Waals surface area (Å²) < 4.78 is 28.3. The quantitative estimate of drug-likeness (QED) is 0.135. The van der Waals surface area contributed by atoms with Crippen LogP contribution in [0.2, 0.25) is 0 Å². The van der Waals surface area contributed by atoms with Gasteiger partial charge >= 0.3 is 29.6 Å². The van der Waals surface area contributed by atoms with E-state index in [0.717, 1.165) is 18.9 Å². The molecular formula is C21H42NNaO4S. The Bertz CT molecular complexity index is 469. The topological polar surface area (TPSA) is 72.5 Å². The van der Waals surface area contributed by atoms with Gasteiger partial charge in [-0.3, -0.25) is 8.98 Å². The summed E-state index contributed by atoms with van der Waals surface area (Å²) in [5.74, 6) is -0.275. The van der Waals surface area contributed by atoms with Gasteiger partial charge in [-0.1, -0.05) is 97.0 Å². The Balaban J connectivity index is 0. The van der Waals surface area contributed by atoms with Crippen LogP contribution in [-0.2, 0) is 19.1 Å². The van der Waals surface area contributed by atoms with Crippen LogP contribution in [0.15, 0.2) is 12.7 Å². The minimum atomic E-state index is -3.48. The Hall–Kier alpha value is 0.120. The van der Waals surface area contributed by atoms with Crippen molar-refractivity contribution in [3.63, 3.8) is 0 Å². The maximum atomic E-state index is 11.7. The van der Waals surface area contributed by atoms with Gasteiger partial charge in [0.1, 0.15) is 0 Å². The van der Waals surface area contributed by atoms with E-state index in [4.69, 9.17) is 4.18 Å². The molecule has 0 radical (unpaired) electrons. The van der Waals surface area contributed by atoms with Crippen LogP contribution in [0.3, 0.4) is 0 Å². The third-order valence-electron chi connectivity index (χ3n) is 4.60. The first-order chi connectivity index (χ1) is 13.0. The average molecular weight is 428 g/mol. The van der Waals surface area contributed by atoms with Gasteiger partial charge in [0.2, 0.25) is 5.91 Å². The zero-order chi connectivity index (χ0) is 20.2. The van der Waals surface area contributed by atoms with Crippen molar-refractivity contribution in [2.24, 2.45) is 0 Å². The van der Waals surface area contributed by atoms with E-state index in [1.54, 1.807) is 0 Å². The van der Waals surface area contributed by atoms with Crippen molar-refractivity contribution in [2.75, 3.05) is 18.9 Å². The molecule has 0 atom stereocenters. The second-order valence-corrected chi connectivity index (χ2v) is 8.93. The normalized spacial score (nSPS) is 11.0. The third kappa shape index (κ3) is 22.4. The van der Waals surface area contributed by atoms with Gasteiger partial charge in [0.05, 0.1) is 12.4 Å². The first-order valence-electron chi connectivity index (χ1n) is 10.8. The molecular weight excluding hydrogens is 385 g/mol. The van der Waals surface area contributed by atoms with Gasteiger partial charge in [-0.2, -0.15) is 8.42 Å². The number of nitrogens with one attached hydrogen (secondary N) is 1. The van der Waals surface area contributed by atoms with Crippen LogP contribution in [0.4, 0.5) is 0 Å². The van der Waals surface area contributed by atoms with Gasteiger partial charge < -0.3 is 5.32 Å². The maximum absolute atomic E-state index is 11.7. The number of unbranched alkanes of at least 4 members (excludes halogenated alkanes) is 13. The van der Waals surface area contributed by atoms with Crippen LogP contribution in [0.25, 0.3) is 0 Å². The van der Waals surface area contributed by atoms with Crippen molar-refractivity contribution in [3.8, 4) is 0 Å². The molecule has 1 amide bonds. The molecule has 0 aliphatic rings. The fraction of sp³-hybridized carbons (Fsp3) is 0.857. The van der Waals surface area contributed by atoms with Crippen molar-refractivity contribution < 1.29 is 17.4 Å². The molecule has 5 nitrogen and oxygen atoms in total. The van der Waals surface area contributed by atoms with Crippen LogP contribution in [0, 0.1) is 0 Å². The van der Waals surface area contributed by atoms with Crippen LogP contribution in [0.1, 0.15) is 96.8 Å². The molecule has 7 heteroatoms. The second-order valence-electron chi connectivity index (χ2n) is 7.18.